The van der Waals surface area contributed by atoms with E-state index in [1.165, 1.54) is 12.1 Å². The highest BCUT2D eigenvalue weighted by atomic mass is 19.1. The number of fused-ring (bicyclic) bond motifs is 1. The number of hydrogen-bond acceptors (Lipinski definition) is 2. The minimum atomic E-state index is -0.289. The van der Waals surface area contributed by atoms with Gasteiger partial charge in [0.2, 0.25) is 0 Å². The summed E-state index contributed by atoms with van der Waals surface area (Å²) in [6.07, 6.45) is 1.96. The highest BCUT2D eigenvalue weighted by Gasteiger charge is 2.25. The minimum Gasteiger partial charge on any atom is -0.348 e. The van der Waals surface area contributed by atoms with E-state index in [-0.39, 0.29) is 5.82 Å². The van der Waals surface area contributed by atoms with Crippen molar-refractivity contribution in [1.29, 1.82) is 5.41 Å². The fourth-order valence-electron chi connectivity index (χ4n) is 2.51. The van der Waals surface area contributed by atoms with Crippen LogP contribution in [0.5, 0.6) is 0 Å². The van der Waals surface area contributed by atoms with Crippen LogP contribution in [0.4, 0.5) is 4.39 Å². The Hall–Kier alpha value is -2.17. The van der Waals surface area contributed by atoms with Crippen molar-refractivity contribution in [2.24, 2.45) is 7.05 Å². The Morgan fingerprint density at radius 3 is 2.89 bits per heavy atom. The molecule has 0 radical (unpaired) electrons. The minimum absolute atomic E-state index is 0.289. The Labute approximate surface area is 111 Å². The Kier molecular flexibility index (Phi) is 2.62. The average Bonchev–Trinajstić information content (AvgIpc) is 2.82. The van der Waals surface area contributed by atoms with E-state index in [9.17, 15) is 4.39 Å². The average molecular weight is 258 g/mol. The zero-order valence-electron chi connectivity index (χ0n) is 10.9. The largest absolute Gasteiger partial charge is 0.348 e. The van der Waals surface area contributed by atoms with Crippen LogP contribution >= 0.6 is 0 Å². The maximum atomic E-state index is 13.2. The smallest absolute Gasteiger partial charge is 0.129 e. The van der Waals surface area contributed by atoms with Gasteiger partial charge in [0.15, 0.2) is 0 Å². The molecule has 0 saturated heterocycles. The predicted octanol–water partition coefficient (Wildman–Crippen LogP) is 2.21. The molecule has 1 aliphatic heterocycles. The zero-order chi connectivity index (χ0) is 13.6. The molecule has 2 heterocycles. The second-order valence-electron chi connectivity index (χ2n) is 4.92. The normalized spacial score (nSPS) is 14.1. The van der Waals surface area contributed by atoms with Crippen molar-refractivity contribution in [1.82, 2.24) is 14.7 Å². The first-order chi connectivity index (χ1) is 9.04. The fraction of sp³-hybridized carbons (Fsp3) is 0.286. The third-order valence-corrected chi connectivity index (χ3v) is 3.48. The Morgan fingerprint density at radius 2 is 2.21 bits per heavy atom. The first-order valence-corrected chi connectivity index (χ1v) is 6.16. The summed E-state index contributed by atoms with van der Waals surface area (Å²) in [4.78, 5) is 1.94. The van der Waals surface area contributed by atoms with Crippen LogP contribution in [0.15, 0.2) is 24.4 Å². The number of aromatic nitrogens is 2. The van der Waals surface area contributed by atoms with Crippen LogP contribution < -0.4 is 0 Å². The molecule has 0 spiro atoms. The van der Waals surface area contributed by atoms with Crippen LogP contribution in [-0.2, 0) is 20.1 Å². The third kappa shape index (κ3) is 2.01. The number of rotatable bonds is 2. The van der Waals surface area contributed by atoms with Crippen LogP contribution in [0, 0.1) is 18.2 Å². The number of nitrogens with one attached hydrogen (secondary N) is 1. The molecule has 1 aliphatic rings. The van der Waals surface area contributed by atoms with Crippen molar-refractivity contribution >= 4 is 5.84 Å². The van der Waals surface area contributed by atoms with Crippen LogP contribution in [0.3, 0.4) is 0 Å². The quantitative estimate of drug-likeness (QED) is 0.897. The molecule has 2 aromatic rings. The van der Waals surface area contributed by atoms with Gasteiger partial charge < -0.3 is 4.90 Å². The first kappa shape index (κ1) is 11.9. The lowest BCUT2D eigenvalue weighted by atomic mass is 10.1. The number of nitrogens with zero attached hydrogens (tertiary/aromatic N) is 3. The van der Waals surface area contributed by atoms with E-state index < -0.39 is 0 Å². The first-order valence-electron chi connectivity index (χ1n) is 6.16. The molecule has 1 aromatic carbocycles. The second kappa shape index (κ2) is 4.19. The van der Waals surface area contributed by atoms with Crippen molar-refractivity contribution in [3.05, 3.63) is 52.6 Å². The molecule has 0 amide bonds. The second-order valence-corrected chi connectivity index (χ2v) is 4.92. The van der Waals surface area contributed by atoms with Gasteiger partial charge in [0, 0.05) is 37.5 Å². The molecule has 5 heteroatoms. The topological polar surface area (TPSA) is 44.9 Å². The number of halogens is 1. The van der Waals surface area contributed by atoms with Crippen molar-refractivity contribution in [3.8, 4) is 0 Å². The maximum Gasteiger partial charge on any atom is 0.129 e. The number of hydrogen-bond donors (Lipinski definition) is 1. The summed E-state index contributed by atoms with van der Waals surface area (Å²) < 4.78 is 15.0. The molecular formula is C14H15FN4. The molecule has 4 nitrogen and oxygen atoms in total. The van der Waals surface area contributed by atoms with Crippen LogP contribution in [0.2, 0.25) is 0 Å². The summed E-state index contributed by atoms with van der Waals surface area (Å²) in [5.41, 5.74) is 3.77. The molecule has 0 saturated carbocycles. The molecule has 0 atom stereocenters. The zero-order valence-corrected chi connectivity index (χ0v) is 10.9. The van der Waals surface area contributed by atoms with Gasteiger partial charge in [-0.25, -0.2) is 4.39 Å². The van der Waals surface area contributed by atoms with E-state index in [0.29, 0.717) is 24.5 Å². The summed E-state index contributed by atoms with van der Waals surface area (Å²) in [6.45, 7) is 3.25. The van der Waals surface area contributed by atoms with Crippen molar-refractivity contribution in [2.75, 3.05) is 0 Å². The fourth-order valence-corrected chi connectivity index (χ4v) is 2.51. The number of amidine groups is 1. The van der Waals surface area contributed by atoms with Gasteiger partial charge in [0.1, 0.15) is 11.7 Å². The Balaban J connectivity index is 1.86. The Morgan fingerprint density at radius 1 is 1.42 bits per heavy atom. The van der Waals surface area contributed by atoms with Crippen LogP contribution in [0.25, 0.3) is 0 Å². The van der Waals surface area contributed by atoms with E-state index in [2.05, 4.69) is 5.10 Å². The molecule has 1 aromatic heterocycles. The maximum absolute atomic E-state index is 13.2. The van der Waals surface area contributed by atoms with Gasteiger partial charge in [-0.15, -0.1) is 0 Å². The van der Waals surface area contributed by atoms with E-state index >= 15 is 0 Å². The summed E-state index contributed by atoms with van der Waals surface area (Å²) in [5, 5.41) is 12.4. The van der Waals surface area contributed by atoms with Crippen LogP contribution in [-0.4, -0.2) is 20.5 Å². The van der Waals surface area contributed by atoms with Crippen molar-refractivity contribution < 1.29 is 4.39 Å². The van der Waals surface area contributed by atoms with E-state index in [0.717, 1.165) is 16.8 Å². The molecule has 19 heavy (non-hydrogen) atoms. The van der Waals surface area contributed by atoms with Crippen molar-refractivity contribution in [3.63, 3.8) is 0 Å². The molecule has 0 fully saturated rings. The molecule has 0 aliphatic carbocycles. The predicted molar refractivity (Wildman–Crippen MR) is 70.4 cm³/mol. The third-order valence-electron chi connectivity index (χ3n) is 3.48. The molecular weight excluding hydrogens is 243 g/mol. The van der Waals surface area contributed by atoms with Gasteiger partial charge in [-0.05, 0) is 24.6 Å². The lowest BCUT2D eigenvalue weighted by molar-refractivity contribution is 0.421. The van der Waals surface area contributed by atoms with Crippen molar-refractivity contribution in [2.45, 2.75) is 20.0 Å². The molecule has 1 N–H and O–H groups in total. The molecule has 3 rings (SSSR count). The summed E-state index contributed by atoms with van der Waals surface area (Å²) in [5.74, 6) is 0.0978. The lowest BCUT2D eigenvalue weighted by Gasteiger charge is -2.17. The van der Waals surface area contributed by atoms with Gasteiger partial charge in [0.05, 0.1) is 5.69 Å². The highest BCUT2D eigenvalue weighted by molar-refractivity contribution is 6.00. The van der Waals surface area contributed by atoms with Gasteiger partial charge >= 0.3 is 0 Å². The van der Waals surface area contributed by atoms with Gasteiger partial charge in [-0.2, -0.15) is 5.10 Å². The van der Waals surface area contributed by atoms with E-state index in [1.807, 2.05) is 25.1 Å². The lowest BCUT2D eigenvalue weighted by Crippen LogP contribution is -2.23. The summed E-state index contributed by atoms with van der Waals surface area (Å²) in [6, 6.07) is 4.65. The van der Waals surface area contributed by atoms with E-state index in [1.54, 1.807) is 10.7 Å². The summed E-state index contributed by atoms with van der Waals surface area (Å²) >= 11 is 0. The SMILES string of the molecule is Cc1nn(C)cc1CN1Cc2ccc(F)cc2C1=N. The highest BCUT2D eigenvalue weighted by Crippen LogP contribution is 2.25. The van der Waals surface area contributed by atoms with Gasteiger partial charge in [-0.3, -0.25) is 10.1 Å². The van der Waals surface area contributed by atoms with Crippen LogP contribution in [0.1, 0.15) is 22.4 Å². The van der Waals surface area contributed by atoms with E-state index in [4.69, 9.17) is 5.41 Å². The molecule has 98 valence electrons. The summed E-state index contributed by atoms with van der Waals surface area (Å²) in [7, 11) is 1.88. The molecule has 0 unspecified atom stereocenters. The van der Waals surface area contributed by atoms with Gasteiger partial charge in [0.25, 0.3) is 0 Å². The molecule has 0 bridgehead atoms. The number of aryl methyl sites for hydroxylation is 2. The number of benzene rings is 1. The van der Waals surface area contributed by atoms with Gasteiger partial charge in [-0.1, -0.05) is 6.07 Å². The monoisotopic (exact) mass is 258 g/mol. The Bertz CT molecular complexity index is 659. The standard InChI is InChI=1S/C14H15FN4/c1-9-11(6-18(2)17-9)8-19-7-10-3-4-12(15)5-13(10)14(19)16/h3-6,16H,7-8H2,1-2H3.